The summed E-state index contributed by atoms with van der Waals surface area (Å²) in [4.78, 5) is 12.2. The van der Waals surface area contributed by atoms with Crippen molar-refractivity contribution in [2.24, 2.45) is 18.0 Å². The van der Waals surface area contributed by atoms with Crippen LogP contribution in [0.15, 0.2) is 23.3 Å². The van der Waals surface area contributed by atoms with Gasteiger partial charge in [-0.15, -0.1) is 0 Å². The van der Waals surface area contributed by atoms with Crippen LogP contribution >= 0.6 is 0 Å². The lowest BCUT2D eigenvalue weighted by Gasteiger charge is -2.18. The predicted molar refractivity (Wildman–Crippen MR) is 76.3 cm³/mol. The highest BCUT2D eigenvalue weighted by molar-refractivity contribution is 6.06. The molecule has 0 aliphatic heterocycles. The van der Waals surface area contributed by atoms with Gasteiger partial charge >= 0.3 is 0 Å². The van der Waals surface area contributed by atoms with Gasteiger partial charge in [0.05, 0.1) is 6.10 Å². The minimum Gasteiger partial charge on any atom is -0.388 e. The number of aromatic nitrogens is 1. The zero-order valence-electron chi connectivity index (χ0n) is 11.1. The first-order valence-electron chi connectivity index (χ1n) is 6.46. The molecule has 1 heterocycles. The Morgan fingerprint density at radius 1 is 1.60 bits per heavy atom. The average molecular weight is 272 g/mol. The van der Waals surface area contributed by atoms with Gasteiger partial charge in [-0.25, -0.2) is 0 Å². The van der Waals surface area contributed by atoms with Gasteiger partial charge < -0.3 is 20.8 Å². The van der Waals surface area contributed by atoms with Crippen molar-refractivity contribution in [2.75, 3.05) is 0 Å². The van der Waals surface area contributed by atoms with E-state index in [1.165, 1.54) is 6.34 Å². The summed E-state index contributed by atoms with van der Waals surface area (Å²) in [5.41, 5.74) is 3.42. The number of hydrogen-bond acceptors (Lipinski definition) is 4. The molecule has 3 rings (SSSR count). The molecule has 1 aromatic carbocycles. The van der Waals surface area contributed by atoms with Gasteiger partial charge in [-0.05, 0) is 30.0 Å². The summed E-state index contributed by atoms with van der Waals surface area (Å²) in [5, 5.41) is 16.9. The topological polar surface area (TPSA) is 92.6 Å². The maximum atomic E-state index is 12.2. The van der Waals surface area contributed by atoms with E-state index in [0.29, 0.717) is 18.5 Å². The van der Waals surface area contributed by atoms with Crippen molar-refractivity contribution >= 4 is 23.1 Å². The van der Waals surface area contributed by atoms with E-state index in [1.54, 1.807) is 0 Å². The fourth-order valence-corrected chi connectivity index (χ4v) is 3.02. The molecule has 1 aliphatic rings. The number of rotatable bonds is 2. The molecule has 1 aromatic heterocycles. The van der Waals surface area contributed by atoms with Crippen molar-refractivity contribution in [1.82, 2.24) is 9.88 Å². The molecule has 6 nitrogen and oxygen atoms in total. The van der Waals surface area contributed by atoms with Crippen LogP contribution in [0.2, 0.25) is 0 Å². The SMILES string of the molecule is Cn1c(C(=O)NC=NN)c2c3c(cccc31)C(O)CC2. The molecule has 0 radical (unpaired) electrons. The summed E-state index contributed by atoms with van der Waals surface area (Å²) < 4.78 is 1.85. The van der Waals surface area contributed by atoms with Crippen LogP contribution in [0, 0.1) is 0 Å². The summed E-state index contributed by atoms with van der Waals surface area (Å²) in [7, 11) is 1.85. The zero-order valence-corrected chi connectivity index (χ0v) is 11.1. The van der Waals surface area contributed by atoms with Crippen molar-refractivity contribution in [1.29, 1.82) is 0 Å². The van der Waals surface area contributed by atoms with E-state index in [-0.39, 0.29) is 5.91 Å². The molecule has 1 amide bonds. The smallest absolute Gasteiger partial charge is 0.273 e. The van der Waals surface area contributed by atoms with E-state index in [2.05, 4.69) is 10.4 Å². The predicted octanol–water partition coefficient (Wildman–Crippen LogP) is 0.790. The molecule has 0 bridgehead atoms. The number of amides is 1. The summed E-state index contributed by atoms with van der Waals surface area (Å²) in [6.07, 6.45) is 2.01. The van der Waals surface area contributed by atoms with Crippen LogP contribution in [0.1, 0.15) is 34.1 Å². The van der Waals surface area contributed by atoms with Gasteiger partial charge in [0, 0.05) is 18.0 Å². The third-order valence-electron chi connectivity index (χ3n) is 3.87. The van der Waals surface area contributed by atoms with Crippen molar-refractivity contribution in [3.63, 3.8) is 0 Å². The number of benzene rings is 1. The second-order valence-electron chi connectivity index (χ2n) is 4.93. The molecule has 6 heteroatoms. The third kappa shape index (κ3) is 1.69. The number of aryl methyl sites for hydroxylation is 2. The first-order valence-corrected chi connectivity index (χ1v) is 6.46. The molecule has 4 N–H and O–H groups in total. The van der Waals surface area contributed by atoms with E-state index in [1.807, 2.05) is 29.8 Å². The number of aliphatic hydroxyl groups is 1. The van der Waals surface area contributed by atoms with Gasteiger partial charge in [0.15, 0.2) is 0 Å². The van der Waals surface area contributed by atoms with Crippen LogP contribution in [0.25, 0.3) is 10.9 Å². The molecule has 0 saturated heterocycles. The lowest BCUT2D eigenvalue weighted by atomic mass is 9.89. The van der Waals surface area contributed by atoms with Gasteiger partial charge in [0.2, 0.25) is 0 Å². The normalized spacial score (nSPS) is 17.8. The second kappa shape index (κ2) is 4.64. The second-order valence-corrected chi connectivity index (χ2v) is 4.93. The molecule has 20 heavy (non-hydrogen) atoms. The van der Waals surface area contributed by atoms with E-state index in [4.69, 9.17) is 5.84 Å². The van der Waals surface area contributed by atoms with Crippen molar-refractivity contribution in [3.05, 3.63) is 35.0 Å². The zero-order chi connectivity index (χ0) is 14.3. The van der Waals surface area contributed by atoms with Crippen molar-refractivity contribution in [2.45, 2.75) is 18.9 Å². The van der Waals surface area contributed by atoms with E-state index in [0.717, 1.165) is 22.0 Å². The highest BCUT2D eigenvalue weighted by Gasteiger charge is 2.28. The Balaban J connectivity index is 2.25. The van der Waals surface area contributed by atoms with Crippen LogP contribution in [0.5, 0.6) is 0 Å². The molecule has 0 saturated carbocycles. The van der Waals surface area contributed by atoms with Crippen LogP contribution in [-0.4, -0.2) is 21.9 Å². The largest absolute Gasteiger partial charge is 0.388 e. The van der Waals surface area contributed by atoms with Crippen LogP contribution in [0.3, 0.4) is 0 Å². The molecule has 0 fully saturated rings. The Morgan fingerprint density at radius 2 is 2.40 bits per heavy atom. The Kier molecular flexibility index (Phi) is 2.94. The third-order valence-corrected chi connectivity index (χ3v) is 3.87. The number of hydrazone groups is 1. The number of hydrogen-bond donors (Lipinski definition) is 3. The molecule has 2 aromatic rings. The first-order chi connectivity index (χ1) is 9.65. The summed E-state index contributed by atoms with van der Waals surface area (Å²) in [5.74, 6) is 4.77. The Labute approximate surface area is 115 Å². The highest BCUT2D eigenvalue weighted by atomic mass is 16.3. The molecule has 1 unspecified atom stereocenters. The molecule has 1 aliphatic carbocycles. The molecular weight excluding hydrogens is 256 g/mol. The lowest BCUT2D eigenvalue weighted by molar-refractivity contribution is 0.0969. The number of nitrogens with one attached hydrogen (secondary N) is 1. The minimum atomic E-state index is -0.463. The summed E-state index contributed by atoms with van der Waals surface area (Å²) >= 11 is 0. The Bertz CT molecular complexity index is 718. The minimum absolute atomic E-state index is 0.241. The highest BCUT2D eigenvalue weighted by Crippen LogP contribution is 2.38. The van der Waals surface area contributed by atoms with E-state index >= 15 is 0 Å². The number of carbonyl (C=O) groups is 1. The quantitative estimate of drug-likeness (QED) is 0.326. The van der Waals surface area contributed by atoms with Crippen molar-refractivity contribution < 1.29 is 9.90 Å². The molecule has 1 atom stereocenters. The van der Waals surface area contributed by atoms with Crippen molar-refractivity contribution in [3.8, 4) is 0 Å². The lowest BCUT2D eigenvalue weighted by Crippen LogP contribution is -2.25. The van der Waals surface area contributed by atoms with Gasteiger partial charge in [-0.3, -0.25) is 4.79 Å². The maximum Gasteiger partial charge on any atom is 0.273 e. The summed E-state index contributed by atoms with van der Waals surface area (Å²) in [6, 6.07) is 5.77. The number of aliphatic hydroxyl groups excluding tert-OH is 1. The maximum absolute atomic E-state index is 12.2. The Hall–Kier alpha value is -2.34. The number of nitrogens with zero attached hydrogens (tertiary/aromatic N) is 2. The van der Waals surface area contributed by atoms with Gasteiger partial charge in [-0.2, -0.15) is 5.10 Å². The number of nitrogens with two attached hydrogens (primary N) is 1. The molecular formula is C14H16N4O2. The summed E-state index contributed by atoms with van der Waals surface area (Å²) in [6.45, 7) is 0. The van der Waals surface area contributed by atoms with Gasteiger partial charge in [0.25, 0.3) is 5.91 Å². The average Bonchev–Trinajstić information content (AvgIpc) is 2.75. The van der Waals surface area contributed by atoms with E-state index in [9.17, 15) is 9.90 Å². The standard InChI is InChI=1S/C14H16N4O2/c1-18-10-4-2-3-8-11(19)6-5-9(12(8)10)13(18)14(20)16-7-17-15/h2-4,7,11,19H,5-6,15H2,1H3,(H,16,17,20). The first kappa shape index (κ1) is 12.7. The molecule has 104 valence electrons. The number of carbonyl (C=O) groups excluding carboxylic acids is 1. The van der Waals surface area contributed by atoms with Crippen LogP contribution < -0.4 is 11.2 Å². The monoisotopic (exact) mass is 272 g/mol. The van der Waals surface area contributed by atoms with Crippen LogP contribution in [-0.2, 0) is 13.5 Å². The van der Waals surface area contributed by atoms with Gasteiger partial charge in [-0.1, -0.05) is 12.1 Å². The fraction of sp³-hybridized carbons (Fsp3) is 0.286. The Morgan fingerprint density at radius 3 is 3.15 bits per heavy atom. The molecule has 0 spiro atoms. The van der Waals surface area contributed by atoms with Crippen LogP contribution in [0.4, 0.5) is 0 Å². The van der Waals surface area contributed by atoms with Gasteiger partial charge in [0.1, 0.15) is 12.0 Å². The van der Waals surface area contributed by atoms with E-state index < -0.39 is 6.10 Å². The fourth-order valence-electron chi connectivity index (χ4n) is 3.02.